The summed E-state index contributed by atoms with van der Waals surface area (Å²) in [6, 6.07) is 7.11. The number of anilines is 1. The minimum Gasteiger partial charge on any atom is -0.297 e. The molecule has 0 saturated carbocycles. The van der Waals surface area contributed by atoms with Crippen LogP contribution in [0.1, 0.15) is 5.69 Å². The summed E-state index contributed by atoms with van der Waals surface area (Å²) in [6.45, 7) is 0. The molecule has 0 aromatic carbocycles. The maximum atomic E-state index is 11.8. The van der Waals surface area contributed by atoms with E-state index in [9.17, 15) is 4.79 Å². The van der Waals surface area contributed by atoms with Crippen molar-refractivity contribution in [1.82, 2.24) is 9.97 Å². The van der Waals surface area contributed by atoms with E-state index >= 15 is 0 Å². The fourth-order valence-electron chi connectivity index (χ4n) is 1.21. The van der Waals surface area contributed by atoms with E-state index < -0.39 is 5.91 Å². The monoisotopic (exact) mass is 256 g/mol. The average Bonchev–Trinajstić information content (AvgIpc) is 2.90. The molecule has 2 aromatic heterocycles. The number of pyridine rings is 1. The van der Waals surface area contributed by atoms with E-state index in [4.69, 9.17) is 5.26 Å². The average molecular weight is 256 g/mol. The summed E-state index contributed by atoms with van der Waals surface area (Å²) in [7, 11) is 0. The second-order valence-electron chi connectivity index (χ2n) is 3.22. The van der Waals surface area contributed by atoms with Crippen LogP contribution in [0.25, 0.3) is 6.08 Å². The lowest BCUT2D eigenvalue weighted by atomic mass is 10.2. The number of hydrogen-bond donors (Lipinski definition) is 1. The van der Waals surface area contributed by atoms with Crippen LogP contribution in [-0.4, -0.2) is 15.9 Å². The molecule has 0 saturated heterocycles. The van der Waals surface area contributed by atoms with Crippen molar-refractivity contribution >= 4 is 28.5 Å². The summed E-state index contributed by atoms with van der Waals surface area (Å²) in [5, 5.41) is 13.7. The first-order valence-corrected chi connectivity index (χ1v) is 5.91. The summed E-state index contributed by atoms with van der Waals surface area (Å²) in [6.07, 6.45) is 4.61. The van der Waals surface area contributed by atoms with Gasteiger partial charge in [0, 0.05) is 17.8 Å². The maximum Gasteiger partial charge on any atom is 0.268 e. The Labute approximate surface area is 107 Å². The van der Waals surface area contributed by atoms with Gasteiger partial charge in [0.2, 0.25) is 0 Å². The zero-order valence-corrected chi connectivity index (χ0v) is 10.0. The van der Waals surface area contributed by atoms with Gasteiger partial charge in [-0.15, -0.1) is 11.3 Å². The SMILES string of the molecule is N#CC(=Cc1ccccn1)C(=O)Nc1nccs1. The summed E-state index contributed by atoms with van der Waals surface area (Å²) >= 11 is 1.29. The molecule has 2 heterocycles. The molecule has 0 spiro atoms. The first-order valence-electron chi connectivity index (χ1n) is 5.03. The van der Waals surface area contributed by atoms with E-state index in [1.807, 2.05) is 6.07 Å². The lowest BCUT2D eigenvalue weighted by molar-refractivity contribution is -0.112. The van der Waals surface area contributed by atoms with E-state index in [1.54, 1.807) is 36.0 Å². The first kappa shape index (κ1) is 12.0. The van der Waals surface area contributed by atoms with Crippen LogP contribution in [0.2, 0.25) is 0 Å². The van der Waals surface area contributed by atoms with Gasteiger partial charge >= 0.3 is 0 Å². The molecule has 2 aromatic rings. The summed E-state index contributed by atoms with van der Waals surface area (Å²) < 4.78 is 0. The zero-order valence-electron chi connectivity index (χ0n) is 9.20. The van der Waals surface area contributed by atoms with Crippen LogP contribution in [0.5, 0.6) is 0 Å². The number of rotatable bonds is 3. The molecule has 1 N–H and O–H groups in total. The Bertz CT molecular complexity index is 599. The van der Waals surface area contributed by atoms with Crippen LogP contribution in [0, 0.1) is 11.3 Å². The van der Waals surface area contributed by atoms with E-state index in [-0.39, 0.29) is 5.57 Å². The lowest BCUT2D eigenvalue weighted by Gasteiger charge is -1.99. The van der Waals surface area contributed by atoms with Crippen molar-refractivity contribution in [2.24, 2.45) is 0 Å². The van der Waals surface area contributed by atoms with Crippen molar-refractivity contribution in [3.63, 3.8) is 0 Å². The maximum absolute atomic E-state index is 11.8. The van der Waals surface area contributed by atoms with Crippen LogP contribution >= 0.6 is 11.3 Å². The van der Waals surface area contributed by atoms with Gasteiger partial charge in [-0.05, 0) is 18.2 Å². The topological polar surface area (TPSA) is 78.7 Å². The number of carbonyl (C=O) groups excluding carboxylic acids is 1. The minimum absolute atomic E-state index is 0.0103. The number of hydrogen-bond acceptors (Lipinski definition) is 5. The van der Waals surface area contributed by atoms with Crippen molar-refractivity contribution in [1.29, 1.82) is 5.26 Å². The number of thiazole rings is 1. The number of nitrogens with zero attached hydrogens (tertiary/aromatic N) is 3. The van der Waals surface area contributed by atoms with Crippen LogP contribution < -0.4 is 5.32 Å². The van der Waals surface area contributed by atoms with Gasteiger partial charge in [-0.1, -0.05) is 6.07 Å². The highest BCUT2D eigenvalue weighted by atomic mass is 32.1. The highest BCUT2D eigenvalue weighted by molar-refractivity contribution is 7.13. The summed E-state index contributed by atoms with van der Waals surface area (Å²) in [4.78, 5) is 19.7. The predicted molar refractivity (Wildman–Crippen MR) is 68.6 cm³/mol. The Morgan fingerprint density at radius 3 is 2.89 bits per heavy atom. The third-order valence-electron chi connectivity index (χ3n) is 2.00. The van der Waals surface area contributed by atoms with Gasteiger partial charge < -0.3 is 0 Å². The second-order valence-corrected chi connectivity index (χ2v) is 4.11. The zero-order chi connectivity index (χ0) is 12.8. The van der Waals surface area contributed by atoms with Gasteiger partial charge in [0.15, 0.2) is 5.13 Å². The number of nitrogens with one attached hydrogen (secondary N) is 1. The molecule has 6 heteroatoms. The minimum atomic E-state index is -0.488. The second kappa shape index (κ2) is 5.70. The van der Waals surface area contributed by atoms with Gasteiger partial charge in [0.05, 0.1) is 5.69 Å². The standard InChI is InChI=1S/C12H8N4OS/c13-8-9(7-10-3-1-2-4-14-10)11(17)16-12-15-5-6-18-12/h1-7H,(H,15,16,17). The van der Waals surface area contributed by atoms with Crippen molar-refractivity contribution in [2.75, 3.05) is 5.32 Å². The molecule has 18 heavy (non-hydrogen) atoms. The predicted octanol–water partition coefficient (Wildman–Crippen LogP) is 2.08. The summed E-state index contributed by atoms with van der Waals surface area (Å²) in [5.74, 6) is -0.488. The molecule has 0 fully saturated rings. The van der Waals surface area contributed by atoms with E-state index in [0.29, 0.717) is 10.8 Å². The van der Waals surface area contributed by atoms with E-state index in [2.05, 4.69) is 15.3 Å². The molecule has 5 nitrogen and oxygen atoms in total. The number of carbonyl (C=O) groups is 1. The quantitative estimate of drug-likeness (QED) is 0.673. The Kier molecular flexibility index (Phi) is 3.79. The van der Waals surface area contributed by atoms with Crippen molar-refractivity contribution in [3.05, 3.63) is 47.2 Å². The van der Waals surface area contributed by atoms with Gasteiger partial charge in [0.25, 0.3) is 5.91 Å². The van der Waals surface area contributed by atoms with Crippen LogP contribution in [0.15, 0.2) is 41.5 Å². The highest BCUT2D eigenvalue weighted by Crippen LogP contribution is 2.12. The fraction of sp³-hybridized carbons (Fsp3) is 0. The molecular weight excluding hydrogens is 248 g/mol. The van der Waals surface area contributed by atoms with Crippen molar-refractivity contribution in [3.8, 4) is 6.07 Å². The first-order chi connectivity index (χ1) is 8.79. The molecule has 0 aliphatic carbocycles. The molecular formula is C12H8N4OS. The Hall–Kier alpha value is -2.52. The van der Waals surface area contributed by atoms with Crippen molar-refractivity contribution < 1.29 is 4.79 Å². The molecule has 2 rings (SSSR count). The van der Waals surface area contributed by atoms with Crippen LogP contribution in [0.4, 0.5) is 5.13 Å². The Morgan fingerprint density at radius 1 is 1.39 bits per heavy atom. The van der Waals surface area contributed by atoms with E-state index in [0.717, 1.165) is 0 Å². The molecule has 0 radical (unpaired) electrons. The lowest BCUT2D eigenvalue weighted by Crippen LogP contribution is -2.13. The summed E-state index contributed by atoms with van der Waals surface area (Å²) in [5.41, 5.74) is 0.548. The van der Waals surface area contributed by atoms with Crippen LogP contribution in [-0.2, 0) is 4.79 Å². The number of aromatic nitrogens is 2. The highest BCUT2D eigenvalue weighted by Gasteiger charge is 2.10. The number of nitriles is 1. The molecule has 0 atom stereocenters. The van der Waals surface area contributed by atoms with Crippen LogP contribution in [0.3, 0.4) is 0 Å². The van der Waals surface area contributed by atoms with E-state index in [1.165, 1.54) is 17.4 Å². The molecule has 0 aliphatic rings. The fourth-order valence-corrected chi connectivity index (χ4v) is 1.73. The smallest absolute Gasteiger partial charge is 0.268 e. The molecule has 88 valence electrons. The molecule has 0 bridgehead atoms. The van der Waals surface area contributed by atoms with Crippen molar-refractivity contribution in [2.45, 2.75) is 0 Å². The van der Waals surface area contributed by atoms with Gasteiger partial charge in [-0.25, -0.2) is 4.98 Å². The largest absolute Gasteiger partial charge is 0.297 e. The third-order valence-corrected chi connectivity index (χ3v) is 2.69. The number of amides is 1. The third kappa shape index (κ3) is 2.99. The Balaban J connectivity index is 2.17. The van der Waals surface area contributed by atoms with Gasteiger partial charge in [-0.2, -0.15) is 5.26 Å². The molecule has 1 amide bonds. The normalized spacial score (nSPS) is 10.7. The molecule has 0 unspecified atom stereocenters. The molecule has 0 aliphatic heterocycles. The van der Waals surface area contributed by atoms with Gasteiger partial charge in [-0.3, -0.25) is 15.1 Å². The van der Waals surface area contributed by atoms with Gasteiger partial charge in [0.1, 0.15) is 11.6 Å². The Morgan fingerprint density at radius 2 is 2.28 bits per heavy atom.